The highest BCUT2D eigenvalue weighted by Gasteiger charge is 2.20. The van der Waals surface area contributed by atoms with Crippen LogP contribution in [0.1, 0.15) is 18.3 Å². The number of piperazine rings is 1. The fourth-order valence-electron chi connectivity index (χ4n) is 2.78. The fraction of sp³-hybridized carbons (Fsp3) is 0.471. The third-order valence-electron chi connectivity index (χ3n) is 4.43. The molecule has 0 atom stereocenters. The van der Waals surface area contributed by atoms with Crippen LogP contribution in [0.2, 0.25) is 0 Å². The van der Waals surface area contributed by atoms with Crippen LogP contribution in [0, 0.1) is 13.8 Å². The molecule has 6 nitrogen and oxygen atoms in total. The van der Waals surface area contributed by atoms with E-state index in [1.165, 1.54) is 0 Å². The van der Waals surface area contributed by atoms with Crippen molar-refractivity contribution in [2.24, 2.45) is 0 Å². The molecular formula is C17H23N5O. The summed E-state index contributed by atoms with van der Waals surface area (Å²) in [5, 5.41) is 2.97. The van der Waals surface area contributed by atoms with Crippen LogP contribution in [-0.4, -0.2) is 58.5 Å². The van der Waals surface area contributed by atoms with Crippen molar-refractivity contribution in [3.05, 3.63) is 29.6 Å². The third-order valence-corrected chi connectivity index (χ3v) is 4.43. The number of nitrogens with one attached hydrogen (secondary N) is 1. The molecule has 2 aromatic rings. The van der Waals surface area contributed by atoms with Crippen molar-refractivity contribution < 1.29 is 4.79 Å². The minimum atomic E-state index is -0.0445. The van der Waals surface area contributed by atoms with Crippen LogP contribution in [0.5, 0.6) is 0 Å². The number of carbonyl (C=O) groups is 1. The maximum absolute atomic E-state index is 12.4. The smallest absolute Gasteiger partial charge is 0.321 e. The summed E-state index contributed by atoms with van der Waals surface area (Å²) in [5.41, 5.74) is 4.27. The van der Waals surface area contributed by atoms with Crippen LogP contribution in [0.15, 0.2) is 18.2 Å². The number of aromatic nitrogens is 2. The minimum Gasteiger partial charge on any atom is -0.322 e. The number of hydrogen-bond donors (Lipinski definition) is 1. The Labute approximate surface area is 136 Å². The molecule has 1 N–H and O–H groups in total. The Kier molecular flexibility index (Phi) is 4.43. The van der Waals surface area contributed by atoms with Gasteiger partial charge in [0.1, 0.15) is 0 Å². The van der Waals surface area contributed by atoms with E-state index < -0.39 is 0 Å². The average molecular weight is 313 g/mol. The van der Waals surface area contributed by atoms with E-state index in [1.807, 2.05) is 36.9 Å². The summed E-state index contributed by atoms with van der Waals surface area (Å²) < 4.78 is 0. The topological polar surface area (TPSA) is 61.4 Å². The van der Waals surface area contributed by atoms with Crippen LogP contribution in [0.25, 0.3) is 11.0 Å². The first-order chi connectivity index (χ1) is 11.1. The number of benzene rings is 1. The molecule has 0 bridgehead atoms. The standard InChI is InChI=1S/C17H23N5O/c1-4-21-7-9-22(10-8-21)17(23)20-14-5-6-15-16(11-14)19-13(3)12(2)18-15/h5-6,11H,4,7-10H2,1-3H3,(H,20,23). The van der Waals surface area contributed by atoms with Gasteiger partial charge in [-0.3, -0.25) is 0 Å². The quantitative estimate of drug-likeness (QED) is 0.925. The summed E-state index contributed by atoms with van der Waals surface area (Å²) in [6.45, 7) is 10.5. The first kappa shape index (κ1) is 15.7. The number of aryl methyl sites for hydroxylation is 2. The van der Waals surface area contributed by atoms with Gasteiger partial charge >= 0.3 is 6.03 Å². The molecule has 0 saturated carbocycles. The van der Waals surface area contributed by atoms with Gasteiger partial charge in [-0.05, 0) is 38.6 Å². The first-order valence-electron chi connectivity index (χ1n) is 8.10. The van der Waals surface area contributed by atoms with E-state index >= 15 is 0 Å². The van der Waals surface area contributed by atoms with Gasteiger partial charge in [0.25, 0.3) is 0 Å². The molecule has 2 heterocycles. The Morgan fingerprint density at radius 1 is 1.09 bits per heavy atom. The van der Waals surface area contributed by atoms with Crippen molar-refractivity contribution in [3.8, 4) is 0 Å². The molecule has 2 amide bonds. The molecule has 23 heavy (non-hydrogen) atoms. The van der Waals surface area contributed by atoms with Gasteiger partial charge in [-0.15, -0.1) is 0 Å². The van der Waals surface area contributed by atoms with Crippen molar-refractivity contribution in [2.75, 3.05) is 38.0 Å². The zero-order chi connectivity index (χ0) is 16.4. The fourth-order valence-corrected chi connectivity index (χ4v) is 2.78. The van der Waals surface area contributed by atoms with Gasteiger partial charge < -0.3 is 15.1 Å². The van der Waals surface area contributed by atoms with Crippen LogP contribution in [-0.2, 0) is 0 Å². The molecule has 6 heteroatoms. The van der Waals surface area contributed by atoms with Gasteiger partial charge in [0.15, 0.2) is 0 Å². The molecule has 122 valence electrons. The molecule has 0 unspecified atom stereocenters. The van der Waals surface area contributed by atoms with E-state index in [0.717, 1.165) is 60.8 Å². The molecule has 1 aliphatic rings. The number of rotatable bonds is 2. The zero-order valence-corrected chi connectivity index (χ0v) is 14.0. The minimum absolute atomic E-state index is 0.0445. The first-order valence-corrected chi connectivity index (χ1v) is 8.10. The second kappa shape index (κ2) is 6.50. The van der Waals surface area contributed by atoms with Gasteiger partial charge in [-0.25, -0.2) is 14.8 Å². The highest BCUT2D eigenvalue weighted by atomic mass is 16.2. The van der Waals surface area contributed by atoms with Crippen molar-refractivity contribution in [1.29, 1.82) is 0 Å². The van der Waals surface area contributed by atoms with Gasteiger partial charge in [0.05, 0.1) is 22.4 Å². The number of anilines is 1. The third kappa shape index (κ3) is 3.42. The van der Waals surface area contributed by atoms with Crippen molar-refractivity contribution in [2.45, 2.75) is 20.8 Å². The van der Waals surface area contributed by atoms with E-state index in [0.29, 0.717) is 0 Å². The molecule has 0 spiro atoms. The molecule has 0 radical (unpaired) electrons. The lowest BCUT2D eigenvalue weighted by Gasteiger charge is -2.33. The number of likely N-dealkylation sites (N-methyl/N-ethyl adjacent to an activating group) is 1. The summed E-state index contributed by atoms with van der Waals surface area (Å²) in [6.07, 6.45) is 0. The average Bonchev–Trinajstić information content (AvgIpc) is 2.56. The van der Waals surface area contributed by atoms with E-state index in [2.05, 4.69) is 27.1 Å². The highest BCUT2D eigenvalue weighted by molar-refractivity contribution is 5.92. The Hall–Kier alpha value is -2.21. The Balaban J connectivity index is 1.71. The highest BCUT2D eigenvalue weighted by Crippen LogP contribution is 2.18. The predicted molar refractivity (Wildman–Crippen MR) is 91.7 cm³/mol. The predicted octanol–water partition coefficient (Wildman–Crippen LogP) is 2.42. The van der Waals surface area contributed by atoms with Crippen molar-refractivity contribution in [1.82, 2.24) is 19.8 Å². The molecule has 1 fully saturated rings. The molecule has 0 aliphatic carbocycles. The number of hydrogen-bond acceptors (Lipinski definition) is 4. The second-order valence-corrected chi connectivity index (χ2v) is 5.95. The number of urea groups is 1. The van der Waals surface area contributed by atoms with Crippen LogP contribution >= 0.6 is 0 Å². The lowest BCUT2D eigenvalue weighted by atomic mass is 10.2. The summed E-state index contributed by atoms with van der Waals surface area (Å²) in [5.74, 6) is 0. The van der Waals surface area contributed by atoms with E-state index in [-0.39, 0.29) is 6.03 Å². The van der Waals surface area contributed by atoms with Gasteiger partial charge in [0.2, 0.25) is 0 Å². The Morgan fingerprint density at radius 2 is 1.74 bits per heavy atom. The number of fused-ring (bicyclic) bond motifs is 1. The van der Waals surface area contributed by atoms with E-state index in [4.69, 9.17) is 0 Å². The van der Waals surface area contributed by atoms with Crippen LogP contribution in [0.3, 0.4) is 0 Å². The van der Waals surface area contributed by atoms with Crippen molar-refractivity contribution >= 4 is 22.8 Å². The normalized spacial score (nSPS) is 15.9. The van der Waals surface area contributed by atoms with E-state index in [1.54, 1.807) is 0 Å². The summed E-state index contributed by atoms with van der Waals surface area (Å²) in [4.78, 5) is 25.6. The number of carbonyl (C=O) groups excluding carboxylic acids is 1. The number of nitrogens with zero attached hydrogens (tertiary/aromatic N) is 4. The van der Waals surface area contributed by atoms with Crippen LogP contribution < -0.4 is 5.32 Å². The molecular weight excluding hydrogens is 290 g/mol. The largest absolute Gasteiger partial charge is 0.322 e. The van der Waals surface area contributed by atoms with Crippen LogP contribution in [0.4, 0.5) is 10.5 Å². The molecule has 1 saturated heterocycles. The van der Waals surface area contributed by atoms with Gasteiger partial charge in [0, 0.05) is 31.9 Å². The Bertz CT molecular complexity index is 722. The van der Waals surface area contributed by atoms with E-state index in [9.17, 15) is 4.79 Å². The second-order valence-electron chi connectivity index (χ2n) is 5.95. The molecule has 3 rings (SSSR count). The maximum atomic E-state index is 12.4. The van der Waals surface area contributed by atoms with Crippen molar-refractivity contribution in [3.63, 3.8) is 0 Å². The van der Waals surface area contributed by atoms with Gasteiger partial charge in [-0.1, -0.05) is 6.92 Å². The molecule has 1 aromatic heterocycles. The Morgan fingerprint density at radius 3 is 2.39 bits per heavy atom. The lowest BCUT2D eigenvalue weighted by Crippen LogP contribution is -2.49. The van der Waals surface area contributed by atoms with Gasteiger partial charge in [-0.2, -0.15) is 0 Å². The zero-order valence-electron chi connectivity index (χ0n) is 14.0. The molecule has 1 aliphatic heterocycles. The maximum Gasteiger partial charge on any atom is 0.321 e. The summed E-state index contributed by atoms with van der Waals surface area (Å²) in [7, 11) is 0. The summed E-state index contributed by atoms with van der Waals surface area (Å²) >= 11 is 0. The monoisotopic (exact) mass is 313 g/mol. The molecule has 1 aromatic carbocycles. The SMILES string of the molecule is CCN1CCN(C(=O)Nc2ccc3nc(C)c(C)nc3c2)CC1. The summed E-state index contributed by atoms with van der Waals surface area (Å²) in [6, 6.07) is 5.62. The lowest BCUT2D eigenvalue weighted by molar-refractivity contribution is 0.151. The number of amides is 2.